The molecule has 8 heteroatoms. The number of primary amides is 1. The number of nitrogens with zero attached hydrogens (tertiary/aromatic N) is 3. The first-order chi connectivity index (χ1) is 13.9. The van der Waals surface area contributed by atoms with Gasteiger partial charge in [0.1, 0.15) is 6.10 Å². The van der Waals surface area contributed by atoms with Gasteiger partial charge in [0.25, 0.3) is 5.91 Å². The van der Waals surface area contributed by atoms with Gasteiger partial charge in [-0.1, -0.05) is 35.5 Å². The van der Waals surface area contributed by atoms with E-state index in [4.69, 9.17) is 19.4 Å². The number of hydrogen-bond donors (Lipinski definition) is 1. The van der Waals surface area contributed by atoms with Gasteiger partial charge in [0.2, 0.25) is 11.8 Å². The van der Waals surface area contributed by atoms with Crippen molar-refractivity contribution in [2.45, 2.75) is 57.7 Å². The van der Waals surface area contributed by atoms with Gasteiger partial charge >= 0.3 is 0 Å². The molecular formula is C21H24N4O4. The summed E-state index contributed by atoms with van der Waals surface area (Å²) in [5, 5.41) is 12.2. The molecule has 2 heterocycles. The summed E-state index contributed by atoms with van der Waals surface area (Å²) in [6.45, 7) is 5.82. The maximum absolute atomic E-state index is 11.9. The minimum absolute atomic E-state index is 0.0747. The number of amides is 1. The van der Waals surface area contributed by atoms with Gasteiger partial charge in [0.05, 0.1) is 6.10 Å². The average Bonchev–Trinajstić information content (AvgIpc) is 3.28. The van der Waals surface area contributed by atoms with Crippen LogP contribution >= 0.6 is 0 Å². The minimum atomic E-state index is -0.589. The Morgan fingerprint density at radius 3 is 2.52 bits per heavy atom. The number of aromatic nitrogens is 3. The van der Waals surface area contributed by atoms with E-state index in [1.54, 1.807) is 0 Å². The Kier molecular flexibility index (Phi) is 5.19. The minimum Gasteiger partial charge on any atom is -0.422 e. The van der Waals surface area contributed by atoms with Crippen molar-refractivity contribution in [3.8, 4) is 11.3 Å². The lowest BCUT2D eigenvalue weighted by atomic mass is 9.70. The summed E-state index contributed by atoms with van der Waals surface area (Å²) in [6.07, 6.45) is 1.33. The van der Waals surface area contributed by atoms with Crippen molar-refractivity contribution >= 4 is 5.91 Å². The fourth-order valence-electron chi connectivity index (χ4n) is 3.75. The fourth-order valence-corrected chi connectivity index (χ4v) is 3.75. The second-order valence-electron chi connectivity index (χ2n) is 7.68. The molecule has 4 rings (SSSR count). The number of carbonyl (C=O) groups excluding carboxylic acids is 1. The Hall–Kier alpha value is -3.00. The van der Waals surface area contributed by atoms with Crippen LogP contribution in [-0.4, -0.2) is 27.4 Å². The van der Waals surface area contributed by atoms with Crippen molar-refractivity contribution in [3.05, 3.63) is 53.4 Å². The predicted octanol–water partition coefficient (Wildman–Crippen LogP) is 3.97. The molecule has 1 aliphatic rings. The van der Waals surface area contributed by atoms with Crippen LogP contribution in [0.2, 0.25) is 0 Å². The van der Waals surface area contributed by atoms with Crippen LogP contribution in [0.25, 0.3) is 11.3 Å². The van der Waals surface area contributed by atoms with Crippen LogP contribution in [0.15, 0.2) is 39.3 Å². The van der Waals surface area contributed by atoms with Crippen molar-refractivity contribution in [1.29, 1.82) is 0 Å². The lowest BCUT2D eigenvalue weighted by Crippen LogP contribution is -2.24. The van der Waals surface area contributed by atoms with Crippen LogP contribution in [-0.2, 0) is 4.74 Å². The molecule has 1 aromatic carbocycles. The van der Waals surface area contributed by atoms with Crippen molar-refractivity contribution < 1.29 is 18.5 Å². The molecule has 1 saturated carbocycles. The maximum atomic E-state index is 11.9. The van der Waals surface area contributed by atoms with Crippen molar-refractivity contribution in [1.82, 2.24) is 15.4 Å². The first-order valence-electron chi connectivity index (χ1n) is 9.77. The molecule has 0 saturated heterocycles. The van der Waals surface area contributed by atoms with Crippen LogP contribution in [0.3, 0.4) is 0 Å². The lowest BCUT2D eigenvalue weighted by Gasteiger charge is -2.33. The average molecular weight is 396 g/mol. The topological polar surface area (TPSA) is 117 Å². The van der Waals surface area contributed by atoms with E-state index in [0.717, 1.165) is 24.0 Å². The highest BCUT2D eigenvalue weighted by atomic mass is 16.5. The largest absolute Gasteiger partial charge is 0.422 e. The van der Waals surface area contributed by atoms with Gasteiger partial charge in [-0.25, -0.2) is 0 Å². The molecule has 0 spiro atoms. The van der Waals surface area contributed by atoms with Crippen molar-refractivity contribution in [3.63, 3.8) is 0 Å². The Morgan fingerprint density at radius 2 is 1.86 bits per heavy atom. The normalized spacial score (nSPS) is 19.9. The van der Waals surface area contributed by atoms with E-state index in [-0.39, 0.29) is 29.7 Å². The van der Waals surface area contributed by atoms with E-state index < -0.39 is 5.91 Å². The SMILES string of the molecule is CC(C)O[C@H](C)c1nnc(C2CC(c3c(C(N)=O)noc3-c3ccccc3)C2)o1. The molecule has 1 aliphatic carbocycles. The molecule has 1 atom stereocenters. The van der Waals surface area contributed by atoms with E-state index in [2.05, 4.69) is 15.4 Å². The Bertz CT molecular complexity index is 989. The molecule has 29 heavy (non-hydrogen) atoms. The summed E-state index contributed by atoms with van der Waals surface area (Å²) in [5.41, 5.74) is 7.35. The van der Waals surface area contributed by atoms with Crippen LogP contribution in [0.1, 0.15) is 79.4 Å². The molecule has 0 bridgehead atoms. The summed E-state index contributed by atoms with van der Waals surface area (Å²) < 4.78 is 17.0. The molecule has 2 N–H and O–H groups in total. The zero-order valence-electron chi connectivity index (χ0n) is 16.7. The van der Waals surface area contributed by atoms with Gasteiger partial charge in [0, 0.05) is 17.0 Å². The quantitative estimate of drug-likeness (QED) is 0.642. The summed E-state index contributed by atoms with van der Waals surface area (Å²) in [6, 6.07) is 9.59. The van der Waals surface area contributed by atoms with Gasteiger partial charge in [-0.05, 0) is 39.5 Å². The van der Waals surface area contributed by atoms with Crippen LogP contribution in [0.4, 0.5) is 0 Å². The molecule has 8 nitrogen and oxygen atoms in total. The Labute approximate surface area is 168 Å². The molecule has 152 valence electrons. The third-order valence-electron chi connectivity index (χ3n) is 5.17. The smallest absolute Gasteiger partial charge is 0.271 e. The predicted molar refractivity (Wildman–Crippen MR) is 104 cm³/mol. The van der Waals surface area contributed by atoms with E-state index in [1.165, 1.54) is 0 Å². The van der Waals surface area contributed by atoms with Crippen molar-refractivity contribution in [2.75, 3.05) is 0 Å². The summed E-state index contributed by atoms with van der Waals surface area (Å²) in [5.74, 6) is 1.27. The highest BCUT2D eigenvalue weighted by Gasteiger charge is 2.40. The van der Waals surface area contributed by atoms with E-state index in [0.29, 0.717) is 17.5 Å². The van der Waals surface area contributed by atoms with Gasteiger partial charge in [-0.2, -0.15) is 0 Å². The van der Waals surface area contributed by atoms with E-state index in [9.17, 15) is 4.79 Å². The lowest BCUT2D eigenvalue weighted by molar-refractivity contribution is 0.00179. The zero-order valence-corrected chi connectivity index (χ0v) is 16.7. The van der Waals surface area contributed by atoms with Gasteiger partial charge in [0.15, 0.2) is 11.5 Å². The molecule has 0 radical (unpaired) electrons. The van der Waals surface area contributed by atoms with Gasteiger partial charge < -0.3 is 19.4 Å². The monoisotopic (exact) mass is 396 g/mol. The first kappa shape index (κ1) is 19.3. The Balaban J connectivity index is 1.52. The third kappa shape index (κ3) is 3.80. The molecule has 1 amide bonds. The number of carbonyl (C=O) groups is 1. The molecule has 2 aromatic heterocycles. The fraction of sp³-hybridized carbons (Fsp3) is 0.429. The van der Waals surface area contributed by atoms with Crippen LogP contribution in [0, 0.1) is 0 Å². The summed E-state index contributed by atoms with van der Waals surface area (Å²) in [7, 11) is 0. The summed E-state index contributed by atoms with van der Waals surface area (Å²) in [4.78, 5) is 11.9. The highest BCUT2D eigenvalue weighted by Crippen LogP contribution is 2.50. The number of rotatable bonds is 7. The molecule has 0 unspecified atom stereocenters. The van der Waals surface area contributed by atoms with E-state index >= 15 is 0 Å². The second-order valence-corrected chi connectivity index (χ2v) is 7.68. The number of hydrogen-bond acceptors (Lipinski definition) is 7. The zero-order chi connectivity index (χ0) is 20.5. The number of ether oxygens (including phenoxy) is 1. The van der Waals surface area contributed by atoms with Crippen LogP contribution < -0.4 is 5.73 Å². The van der Waals surface area contributed by atoms with Crippen LogP contribution in [0.5, 0.6) is 0 Å². The van der Waals surface area contributed by atoms with Gasteiger partial charge in [-0.3, -0.25) is 4.79 Å². The molecular weight excluding hydrogens is 372 g/mol. The second kappa shape index (κ2) is 7.79. The third-order valence-corrected chi connectivity index (χ3v) is 5.17. The Morgan fingerprint density at radius 1 is 1.14 bits per heavy atom. The van der Waals surface area contributed by atoms with Gasteiger partial charge in [-0.15, -0.1) is 10.2 Å². The summed E-state index contributed by atoms with van der Waals surface area (Å²) >= 11 is 0. The molecule has 1 fully saturated rings. The maximum Gasteiger partial charge on any atom is 0.271 e. The standard InChI is InChI=1S/C21H24N4O4/c1-11(2)27-12(3)20-23-24-21(28-20)15-9-14(10-15)16-17(19(22)26)25-29-18(16)13-7-5-4-6-8-13/h4-8,11-12,14-15H,9-10H2,1-3H3,(H2,22,26)/t12-,14?,15?/m1/s1. The highest BCUT2D eigenvalue weighted by molar-refractivity contribution is 5.94. The number of nitrogens with two attached hydrogens (primary N) is 1. The molecule has 0 aliphatic heterocycles. The first-order valence-corrected chi connectivity index (χ1v) is 9.77. The number of benzene rings is 1. The van der Waals surface area contributed by atoms with E-state index in [1.807, 2.05) is 51.1 Å². The van der Waals surface area contributed by atoms with Crippen molar-refractivity contribution in [2.24, 2.45) is 5.73 Å². The molecule has 3 aromatic rings.